The van der Waals surface area contributed by atoms with Crippen molar-refractivity contribution in [3.05, 3.63) is 42.4 Å². The van der Waals surface area contributed by atoms with Gasteiger partial charge in [-0.1, -0.05) is 13.8 Å². The van der Waals surface area contributed by atoms with E-state index in [4.69, 9.17) is 14.9 Å². The molecule has 0 bridgehead atoms. The Labute approximate surface area is 207 Å². The number of aliphatic carboxylic acids is 1. The van der Waals surface area contributed by atoms with Crippen LogP contribution in [-0.2, 0) is 15.1 Å². The summed E-state index contributed by atoms with van der Waals surface area (Å²) < 4.78 is 33.9. The van der Waals surface area contributed by atoms with E-state index in [9.17, 15) is 23.1 Å². The van der Waals surface area contributed by atoms with Crippen LogP contribution >= 0.6 is 0 Å². The highest BCUT2D eigenvalue weighted by molar-refractivity contribution is 5.81. The highest BCUT2D eigenvalue weighted by atomic mass is 19.4. The Bertz CT molecular complexity index is 1110. The summed E-state index contributed by atoms with van der Waals surface area (Å²) in [6.07, 6.45) is 1.81. The minimum Gasteiger partial charge on any atom is -0.475 e. The SMILES string of the molecule is CC(C)CCN1c2cccnc2-n2cccc2C12CCN(C(=O)C1CC(O)C1)C2.O=C(O)C(F)(F)F. The zero-order valence-corrected chi connectivity index (χ0v) is 20.3. The number of hydrogen-bond donors (Lipinski definition) is 2. The molecule has 1 saturated carbocycles. The van der Waals surface area contributed by atoms with E-state index in [1.807, 2.05) is 17.2 Å². The molecule has 4 heterocycles. The Kier molecular flexibility index (Phi) is 7.05. The van der Waals surface area contributed by atoms with Gasteiger partial charge in [0.2, 0.25) is 5.91 Å². The zero-order chi connectivity index (χ0) is 26.3. The number of nitrogens with zero attached hydrogens (tertiary/aromatic N) is 4. The molecule has 2 aromatic rings. The smallest absolute Gasteiger partial charge is 0.475 e. The summed E-state index contributed by atoms with van der Waals surface area (Å²) >= 11 is 0. The number of pyridine rings is 1. The van der Waals surface area contributed by atoms with E-state index in [1.165, 1.54) is 5.69 Å². The number of alkyl halides is 3. The molecular weight excluding hydrogens is 477 g/mol. The van der Waals surface area contributed by atoms with E-state index in [0.717, 1.165) is 37.4 Å². The number of halogens is 3. The van der Waals surface area contributed by atoms with Gasteiger partial charge in [-0.3, -0.25) is 4.79 Å². The van der Waals surface area contributed by atoms with Crippen molar-refractivity contribution in [3.63, 3.8) is 0 Å². The summed E-state index contributed by atoms with van der Waals surface area (Å²) in [5.74, 6) is -0.961. The second kappa shape index (κ2) is 9.76. The van der Waals surface area contributed by atoms with Gasteiger partial charge in [-0.2, -0.15) is 13.2 Å². The number of hydrogen-bond acceptors (Lipinski definition) is 5. The average Bonchev–Trinajstić information content (AvgIpc) is 3.45. The van der Waals surface area contributed by atoms with Crippen molar-refractivity contribution in [2.75, 3.05) is 24.5 Å². The summed E-state index contributed by atoms with van der Waals surface area (Å²) in [4.78, 5) is 31.2. The van der Waals surface area contributed by atoms with Crippen LogP contribution < -0.4 is 4.90 Å². The van der Waals surface area contributed by atoms with Gasteiger partial charge in [-0.05, 0) is 55.9 Å². The maximum Gasteiger partial charge on any atom is 0.490 e. The highest BCUT2D eigenvalue weighted by Gasteiger charge is 2.51. The number of aliphatic hydroxyl groups excluding tert-OH is 1. The van der Waals surface area contributed by atoms with Gasteiger partial charge in [-0.15, -0.1) is 0 Å². The molecule has 2 fully saturated rings. The molecular formula is C25H31F3N4O4. The number of rotatable bonds is 4. The lowest BCUT2D eigenvalue weighted by molar-refractivity contribution is -0.192. The maximum absolute atomic E-state index is 13.0. The van der Waals surface area contributed by atoms with Gasteiger partial charge in [0.25, 0.3) is 0 Å². The molecule has 5 rings (SSSR count). The van der Waals surface area contributed by atoms with Crippen LogP contribution in [0.25, 0.3) is 5.82 Å². The molecule has 2 aromatic heterocycles. The first-order valence-electron chi connectivity index (χ1n) is 12.1. The fourth-order valence-corrected chi connectivity index (χ4v) is 5.28. The number of amides is 1. The first-order chi connectivity index (χ1) is 16.9. The molecule has 0 aromatic carbocycles. The second-order valence-corrected chi connectivity index (χ2v) is 10.1. The molecule has 8 nitrogen and oxygen atoms in total. The topological polar surface area (TPSA) is 98.9 Å². The fourth-order valence-electron chi connectivity index (χ4n) is 5.28. The van der Waals surface area contributed by atoms with Crippen LogP contribution in [0.3, 0.4) is 0 Å². The Balaban J connectivity index is 0.000000384. The first-order valence-corrected chi connectivity index (χ1v) is 12.1. The molecule has 1 saturated heterocycles. The predicted molar refractivity (Wildman–Crippen MR) is 126 cm³/mol. The van der Waals surface area contributed by atoms with Crippen LogP contribution in [0.2, 0.25) is 0 Å². The molecule has 3 aliphatic rings. The van der Waals surface area contributed by atoms with Crippen molar-refractivity contribution in [1.82, 2.24) is 14.5 Å². The number of likely N-dealkylation sites (tertiary alicyclic amines) is 1. The summed E-state index contributed by atoms with van der Waals surface area (Å²) in [5.41, 5.74) is 2.17. The van der Waals surface area contributed by atoms with Crippen molar-refractivity contribution < 1.29 is 33.0 Å². The zero-order valence-electron chi connectivity index (χ0n) is 20.3. The molecule has 196 valence electrons. The minimum atomic E-state index is -5.08. The van der Waals surface area contributed by atoms with Crippen molar-refractivity contribution in [3.8, 4) is 5.82 Å². The van der Waals surface area contributed by atoms with Gasteiger partial charge < -0.3 is 24.6 Å². The number of carbonyl (C=O) groups is 2. The Morgan fingerprint density at radius 1 is 1.22 bits per heavy atom. The number of aliphatic hydroxyl groups is 1. The fraction of sp³-hybridized carbons (Fsp3) is 0.560. The lowest BCUT2D eigenvalue weighted by Crippen LogP contribution is -2.54. The van der Waals surface area contributed by atoms with Gasteiger partial charge in [-0.25, -0.2) is 9.78 Å². The van der Waals surface area contributed by atoms with Crippen molar-refractivity contribution in [2.45, 2.75) is 57.3 Å². The molecule has 1 amide bonds. The van der Waals surface area contributed by atoms with Gasteiger partial charge in [0, 0.05) is 37.9 Å². The number of carboxylic acid groups (broad SMARTS) is 1. The normalized spacial score (nSPS) is 24.6. The summed E-state index contributed by atoms with van der Waals surface area (Å²) in [6, 6.07) is 8.46. The van der Waals surface area contributed by atoms with Gasteiger partial charge in [0.05, 0.1) is 17.5 Å². The minimum absolute atomic E-state index is 0.00593. The van der Waals surface area contributed by atoms with Crippen molar-refractivity contribution in [2.24, 2.45) is 11.8 Å². The molecule has 2 N–H and O–H groups in total. The van der Waals surface area contributed by atoms with Crippen LogP contribution in [0.15, 0.2) is 36.7 Å². The van der Waals surface area contributed by atoms with Crippen molar-refractivity contribution in [1.29, 1.82) is 0 Å². The number of aromatic nitrogens is 2. The molecule has 11 heteroatoms. The van der Waals surface area contributed by atoms with Crippen LogP contribution in [0.1, 0.15) is 45.2 Å². The van der Waals surface area contributed by atoms with Gasteiger partial charge >= 0.3 is 12.1 Å². The van der Waals surface area contributed by atoms with E-state index in [0.29, 0.717) is 25.3 Å². The van der Waals surface area contributed by atoms with Crippen LogP contribution in [0.5, 0.6) is 0 Å². The third kappa shape index (κ3) is 4.80. The number of fused-ring (bicyclic) bond motifs is 4. The monoisotopic (exact) mass is 508 g/mol. The molecule has 1 unspecified atom stereocenters. The van der Waals surface area contributed by atoms with E-state index < -0.39 is 12.1 Å². The lowest BCUT2D eigenvalue weighted by Gasteiger charge is -2.47. The van der Waals surface area contributed by atoms with E-state index in [2.05, 4.69) is 47.7 Å². The van der Waals surface area contributed by atoms with E-state index in [1.54, 1.807) is 0 Å². The van der Waals surface area contributed by atoms with Crippen LogP contribution in [0.4, 0.5) is 18.9 Å². The summed E-state index contributed by atoms with van der Waals surface area (Å²) in [7, 11) is 0. The summed E-state index contributed by atoms with van der Waals surface area (Å²) in [5, 5.41) is 16.8. The van der Waals surface area contributed by atoms with E-state index >= 15 is 0 Å². The second-order valence-electron chi connectivity index (χ2n) is 10.1. The highest BCUT2D eigenvalue weighted by Crippen LogP contribution is 2.47. The molecule has 1 atom stereocenters. The quantitative estimate of drug-likeness (QED) is 0.655. The summed E-state index contributed by atoms with van der Waals surface area (Å²) in [6.45, 7) is 6.94. The standard InChI is InChI=1S/C23H30N4O2.C2HF3O2/c1-16(2)7-11-27-19-5-3-9-24-21(19)26-10-4-6-20(26)23(27)8-12-25(15-23)22(29)17-13-18(28)14-17;3-2(4,5)1(6)7/h3-6,9-10,16-18,28H,7-8,11-15H2,1-2H3;(H,6,7). The van der Waals surface area contributed by atoms with E-state index in [-0.39, 0.29) is 23.5 Å². The average molecular weight is 509 g/mol. The third-order valence-electron chi connectivity index (χ3n) is 7.22. The molecule has 2 aliphatic heterocycles. The van der Waals surface area contributed by atoms with Crippen LogP contribution in [-0.4, -0.2) is 68.5 Å². The van der Waals surface area contributed by atoms with Crippen molar-refractivity contribution >= 4 is 17.6 Å². The largest absolute Gasteiger partial charge is 0.490 e. The predicted octanol–water partition coefficient (Wildman–Crippen LogP) is 3.57. The van der Waals surface area contributed by atoms with Gasteiger partial charge in [0.15, 0.2) is 5.82 Å². The lowest BCUT2D eigenvalue weighted by atomic mass is 9.81. The molecule has 1 spiro atoms. The molecule has 0 radical (unpaired) electrons. The third-order valence-corrected chi connectivity index (χ3v) is 7.22. The molecule has 1 aliphatic carbocycles. The first kappa shape index (κ1) is 26.0. The molecule has 36 heavy (non-hydrogen) atoms. The van der Waals surface area contributed by atoms with Crippen LogP contribution in [0, 0.1) is 11.8 Å². The Morgan fingerprint density at radius 2 is 1.92 bits per heavy atom. The number of carboxylic acids is 1. The number of carbonyl (C=O) groups excluding carboxylic acids is 1. The van der Waals surface area contributed by atoms with Gasteiger partial charge in [0.1, 0.15) is 5.54 Å². The number of anilines is 1. The Hall–Kier alpha value is -3.08. The Morgan fingerprint density at radius 3 is 2.53 bits per heavy atom. The maximum atomic E-state index is 13.0.